The maximum atomic E-state index is 6.16. The number of nitrogens with two attached hydrogens (primary N) is 1. The molecule has 150 valence electrons. The first-order valence-corrected chi connectivity index (χ1v) is 9.68. The molecule has 28 heavy (non-hydrogen) atoms. The Hall–Kier alpha value is -2.03. The van der Waals surface area contributed by atoms with Crippen LogP contribution in [0.5, 0.6) is 11.6 Å². The van der Waals surface area contributed by atoms with Gasteiger partial charge in [0.1, 0.15) is 11.9 Å². The molecule has 1 aliphatic carbocycles. The molecule has 0 spiro atoms. The second-order valence-corrected chi connectivity index (χ2v) is 7.07. The van der Waals surface area contributed by atoms with E-state index < -0.39 is 0 Å². The zero-order valence-electron chi connectivity index (χ0n) is 15.8. The smallest absolute Gasteiger partial charge is 0.218 e. The largest absolute Gasteiger partial charge is 0.493 e. The van der Waals surface area contributed by atoms with Crippen LogP contribution in [0.4, 0.5) is 0 Å². The summed E-state index contributed by atoms with van der Waals surface area (Å²) in [6.45, 7) is 1.11. The third kappa shape index (κ3) is 5.06. The zero-order valence-corrected chi connectivity index (χ0v) is 18.2. The number of para-hydroxylation sites is 1. The van der Waals surface area contributed by atoms with Crippen molar-refractivity contribution in [1.29, 1.82) is 0 Å². The summed E-state index contributed by atoms with van der Waals surface area (Å²) in [6.07, 6.45) is 7.56. The quantitative estimate of drug-likeness (QED) is 0.374. The first-order valence-electron chi connectivity index (χ1n) is 9.68. The predicted molar refractivity (Wildman–Crippen MR) is 120 cm³/mol. The van der Waals surface area contributed by atoms with Gasteiger partial charge in [-0.15, -0.1) is 24.0 Å². The number of guanidine groups is 1. The Morgan fingerprint density at radius 2 is 2.00 bits per heavy atom. The van der Waals surface area contributed by atoms with Gasteiger partial charge in [-0.1, -0.05) is 24.3 Å². The molecule has 6 nitrogen and oxygen atoms in total. The lowest BCUT2D eigenvalue weighted by atomic mass is 10.0. The molecule has 1 fully saturated rings. The fourth-order valence-electron chi connectivity index (χ4n) is 3.70. The fourth-order valence-corrected chi connectivity index (χ4v) is 3.70. The average Bonchev–Trinajstić information content (AvgIpc) is 3.21. The number of hydrogen-bond donors (Lipinski definition) is 2. The van der Waals surface area contributed by atoms with Crippen molar-refractivity contribution in [2.24, 2.45) is 10.7 Å². The number of nitrogens with one attached hydrogen (secondary N) is 1. The molecule has 2 heterocycles. The molecule has 0 saturated heterocycles. The lowest BCUT2D eigenvalue weighted by molar-refractivity contribution is 0.199. The summed E-state index contributed by atoms with van der Waals surface area (Å²) in [5.74, 6) is 2.01. The molecule has 0 amide bonds. The van der Waals surface area contributed by atoms with Crippen molar-refractivity contribution >= 4 is 29.9 Å². The molecule has 2 aromatic rings. The standard InChI is InChI=1S/C21H26N4O2.HI/c22-21(25-18-11-13-26-19-10-4-3-9-17(18)19)24-14-15-6-5-12-23-20(15)27-16-7-1-2-8-16;/h3-6,9-10,12,16,18H,1-2,7-8,11,13-14H2,(H3,22,24,25);1H. The van der Waals surface area contributed by atoms with Crippen LogP contribution in [0.2, 0.25) is 0 Å². The second kappa shape index (κ2) is 9.95. The van der Waals surface area contributed by atoms with Crippen LogP contribution >= 0.6 is 24.0 Å². The van der Waals surface area contributed by atoms with Gasteiger partial charge in [-0.05, 0) is 37.8 Å². The van der Waals surface area contributed by atoms with Gasteiger partial charge in [0.25, 0.3) is 0 Å². The van der Waals surface area contributed by atoms with Crippen molar-refractivity contribution in [2.45, 2.75) is 50.8 Å². The molecule has 0 radical (unpaired) electrons. The maximum Gasteiger partial charge on any atom is 0.218 e. The number of aliphatic imine (C=N–C) groups is 1. The van der Waals surface area contributed by atoms with Crippen LogP contribution in [-0.4, -0.2) is 23.7 Å². The van der Waals surface area contributed by atoms with Gasteiger partial charge >= 0.3 is 0 Å². The number of fused-ring (bicyclic) bond motifs is 1. The number of hydrogen-bond acceptors (Lipinski definition) is 4. The Balaban J connectivity index is 0.00000225. The van der Waals surface area contributed by atoms with Gasteiger partial charge < -0.3 is 20.5 Å². The minimum Gasteiger partial charge on any atom is -0.493 e. The summed E-state index contributed by atoms with van der Waals surface area (Å²) >= 11 is 0. The highest BCUT2D eigenvalue weighted by Crippen LogP contribution is 2.31. The fraction of sp³-hybridized carbons (Fsp3) is 0.429. The molecule has 4 rings (SSSR count). The monoisotopic (exact) mass is 494 g/mol. The van der Waals surface area contributed by atoms with Gasteiger partial charge in [-0.3, -0.25) is 0 Å². The van der Waals surface area contributed by atoms with Crippen molar-refractivity contribution in [3.8, 4) is 11.6 Å². The highest BCUT2D eigenvalue weighted by Gasteiger charge is 2.21. The Kier molecular flexibility index (Phi) is 7.36. The SMILES string of the molecule is I.NC(=NCc1cccnc1OC1CCCC1)NC1CCOc2ccccc21. The average molecular weight is 494 g/mol. The number of rotatable bonds is 5. The van der Waals surface area contributed by atoms with Crippen LogP contribution in [0.3, 0.4) is 0 Å². The normalized spacial score (nSPS) is 19.3. The van der Waals surface area contributed by atoms with E-state index in [9.17, 15) is 0 Å². The van der Waals surface area contributed by atoms with Crippen LogP contribution in [0, 0.1) is 0 Å². The summed E-state index contributed by atoms with van der Waals surface area (Å²) < 4.78 is 11.8. The second-order valence-electron chi connectivity index (χ2n) is 7.07. The third-order valence-electron chi connectivity index (χ3n) is 5.13. The van der Waals surface area contributed by atoms with Crippen LogP contribution in [0.25, 0.3) is 0 Å². The first kappa shape index (κ1) is 20.7. The molecule has 1 aromatic carbocycles. The van der Waals surface area contributed by atoms with Crippen LogP contribution in [0.15, 0.2) is 47.6 Å². The van der Waals surface area contributed by atoms with E-state index in [1.54, 1.807) is 6.20 Å². The summed E-state index contributed by atoms with van der Waals surface area (Å²) in [7, 11) is 0. The van der Waals surface area contributed by atoms with E-state index in [0.717, 1.165) is 36.1 Å². The van der Waals surface area contributed by atoms with Crippen molar-refractivity contribution in [2.75, 3.05) is 6.61 Å². The summed E-state index contributed by atoms with van der Waals surface area (Å²) in [4.78, 5) is 8.92. The van der Waals surface area contributed by atoms with Crippen molar-refractivity contribution in [1.82, 2.24) is 10.3 Å². The minimum atomic E-state index is 0. The van der Waals surface area contributed by atoms with Crippen LogP contribution in [-0.2, 0) is 6.54 Å². The highest BCUT2D eigenvalue weighted by atomic mass is 127. The number of nitrogens with zero attached hydrogens (tertiary/aromatic N) is 2. The summed E-state index contributed by atoms with van der Waals surface area (Å²) in [5.41, 5.74) is 8.24. The highest BCUT2D eigenvalue weighted by molar-refractivity contribution is 14.0. The molecule has 2 aliphatic rings. The number of benzene rings is 1. The molecule has 1 atom stereocenters. The van der Waals surface area contributed by atoms with Gasteiger partial charge in [0.2, 0.25) is 5.88 Å². The predicted octanol–water partition coefficient (Wildman–Crippen LogP) is 3.95. The number of aromatic nitrogens is 1. The topological polar surface area (TPSA) is 81.8 Å². The molecule has 1 aromatic heterocycles. The van der Waals surface area contributed by atoms with E-state index in [0.29, 0.717) is 25.0 Å². The Labute approximate surface area is 183 Å². The van der Waals surface area contributed by atoms with Crippen molar-refractivity contribution in [3.63, 3.8) is 0 Å². The van der Waals surface area contributed by atoms with Crippen LogP contribution < -0.4 is 20.5 Å². The molecular formula is C21H27IN4O2. The molecular weight excluding hydrogens is 467 g/mol. The van der Waals surface area contributed by atoms with E-state index in [2.05, 4.69) is 21.4 Å². The van der Waals surface area contributed by atoms with E-state index >= 15 is 0 Å². The van der Waals surface area contributed by atoms with Crippen molar-refractivity contribution in [3.05, 3.63) is 53.7 Å². The van der Waals surface area contributed by atoms with E-state index in [-0.39, 0.29) is 36.1 Å². The zero-order chi connectivity index (χ0) is 18.5. The van der Waals surface area contributed by atoms with Crippen LogP contribution in [0.1, 0.15) is 49.3 Å². The molecule has 7 heteroatoms. The molecule has 1 unspecified atom stereocenters. The summed E-state index contributed by atoms with van der Waals surface area (Å²) in [5, 5.41) is 3.32. The number of ether oxygens (including phenoxy) is 2. The van der Waals surface area contributed by atoms with E-state index in [1.807, 2.05) is 30.3 Å². The van der Waals surface area contributed by atoms with E-state index in [1.165, 1.54) is 12.8 Å². The summed E-state index contributed by atoms with van der Waals surface area (Å²) in [6, 6.07) is 12.1. The Morgan fingerprint density at radius 3 is 2.86 bits per heavy atom. The maximum absolute atomic E-state index is 6.16. The Bertz CT molecular complexity index is 808. The minimum absolute atomic E-state index is 0. The van der Waals surface area contributed by atoms with Crippen molar-refractivity contribution < 1.29 is 9.47 Å². The Morgan fingerprint density at radius 1 is 1.18 bits per heavy atom. The molecule has 3 N–H and O–H groups in total. The molecule has 1 saturated carbocycles. The molecule has 1 aliphatic heterocycles. The number of halogens is 1. The van der Waals surface area contributed by atoms with Gasteiger partial charge in [-0.25, -0.2) is 9.98 Å². The van der Waals surface area contributed by atoms with Gasteiger partial charge in [0, 0.05) is 23.7 Å². The first-order chi connectivity index (χ1) is 13.3. The van der Waals surface area contributed by atoms with Gasteiger partial charge in [-0.2, -0.15) is 0 Å². The van der Waals surface area contributed by atoms with Gasteiger partial charge in [0.15, 0.2) is 5.96 Å². The molecule has 0 bridgehead atoms. The number of pyridine rings is 1. The third-order valence-corrected chi connectivity index (χ3v) is 5.13. The lowest BCUT2D eigenvalue weighted by Crippen LogP contribution is -2.37. The van der Waals surface area contributed by atoms with E-state index in [4.69, 9.17) is 15.2 Å². The lowest BCUT2D eigenvalue weighted by Gasteiger charge is -2.27. The van der Waals surface area contributed by atoms with Gasteiger partial charge in [0.05, 0.1) is 19.2 Å².